The van der Waals surface area contributed by atoms with Gasteiger partial charge < -0.3 is 4.90 Å². The molecule has 0 aliphatic carbocycles. The van der Waals surface area contributed by atoms with Crippen molar-refractivity contribution in [3.8, 4) is 0 Å². The Morgan fingerprint density at radius 2 is 1.92 bits per heavy atom. The number of hydrogen-bond donors (Lipinski definition) is 0. The van der Waals surface area contributed by atoms with Crippen LogP contribution in [-0.4, -0.2) is 39.8 Å². The van der Waals surface area contributed by atoms with E-state index in [1.165, 1.54) is 11.0 Å². The maximum Gasteiger partial charge on any atom is 0.327 e. The SMILES string of the molecule is C[C@@H]1[C@H](c2ccccc2)N(C(=O)/C=C/c2cccnc2)C(=O)N1C. The fourth-order valence-corrected chi connectivity index (χ4v) is 2.92. The van der Waals surface area contributed by atoms with Gasteiger partial charge in [0.15, 0.2) is 0 Å². The molecule has 5 heteroatoms. The zero-order chi connectivity index (χ0) is 17.1. The highest BCUT2D eigenvalue weighted by molar-refractivity contribution is 6.04. The quantitative estimate of drug-likeness (QED) is 0.816. The molecule has 2 aromatic rings. The Kier molecular flexibility index (Phi) is 4.42. The molecule has 122 valence electrons. The summed E-state index contributed by atoms with van der Waals surface area (Å²) in [5, 5.41) is 0. The molecule has 5 nitrogen and oxygen atoms in total. The predicted octanol–water partition coefficient (Wildman–Crippen LogP) is 3.12. The molecule has 1 aromatic heterocycles. The van der Waals surface area contributed by atoms with Crippen molar-refractivity contribution in [1.82, 2.24) is 14.8 Å². The number of amides is 3. The summed E-state index contributed by atoms with van der Waals surface area (Å²) in [5.74, 6) is -0.325. The van der Waals surface area contributed by atoms with Crippen molar-refractivity contribution in [2.24, 2.45) is 0 Å². The number of hydrogen-bond acceptors (Lipinski definition) is 3. The highest BCUT2D eigenvalue weighted by Crippen LogP contribution is 2.34. The minimum Gasteiger partial charge on any atom is -0.322 e. The smallest absolute Gasteiger partial charge is 0.322 e. The zero-order valence-electron chi connectivity index (χ0n) is 13.7. The minimum absolute atomic E-state index is 0.0874. The summed E-state index contributed by atoms with van der Waals surface area (Å²) in [6.45, 7) is 1.95. The summed E-state index contributed by atoms with van der Waals surface area (Å²) in [6.07, 6.45) is 6.44. The molecule has 0 saturated carbocycles. The van der Waals surface area contributed by atoms with Crippen LogP contribution in [0.3, 0.4) is 0 Å². The number of likely N-dealkylation sites (N-methyl/N-ethyl adjacent to an activating group) is 1. The third kappa shape index (κ3) is 2.93. The Bertz CT molecular complexity index is 759. The van der Waals surface area contributed by atoms with E-state index < -0.39 is 0 Å². The number of pyridine rings is 1. The second-order valence-electron chi connectivity index (χ2n) is 5.82. The van der Waals surface area contributed by atoms with Crippen LogP contribution in [0.5, 0.6) is 0 Å². The Hall–Kier alpha value is -2.95. The average Bonchev–Trinajstić information content (AvgIpc) is 2.85. The maximum atomic E-state index is 12.7. The molecule has 24 heavy (non-hydrogen) atoms. The van der Waals surface area contributed by atoms with Gasteiger partial charge in [0.1, 0.15) is 0 Å². The Morgan fingerprint density at radius 1 is 1.17 bits per heavy atom. The highest BCUT2D eigenvalue weighted by Gasteiger charge is 2.44. The molecular weight excluding hydrogens is 302 g/mol. The second kappa shape index (κ2) is 6.66. The van der Waals surface area contributed by atoms with Crippen LogP contribution < -0.4 is 0 Å². The standard InChI is InChI=1S/C19H19N3O2/c1-14-18(16-8-4-3-5-9-16)22(19(24)21(14)2)17(23)11-10-15-7-6-12-20-13-15/h3-14,18H,1-2H3/b11-10+/t14-,18-/m1/s1. The van der Waals surface area contributed by atoms with Gasteiger partial charge in [0.05, 0.1) is 12.1 Å². The summed E-state index contributed by atoms with van der Waals surface area (Å²) in [6, 6.07) is 12.6. The van der Waals surface area contributed by atoms with Crippen molar-refractivity contribution in [3.05, 3.63) is 72.1 Å². The van der Waals surface area contributed by atoms with Gasteiger partial charge in [-0.3, -0.25) is 14.7 Å². The summed E-state index contributed by atoms with van der Waals surface area (Å²) in [4.78, 5) is 32.2. The number of urea groups is 1. The number of carbonyl (C=O) groups excluding carboxylic acids is 2. The number of carbonyl (C=O) groups is 2. The lowest BCUT2D eigenvalue weighted by Crippen LogP contribution is -2.35. The third-order valence-electron chi connectivity index (χ3n) is 4.34. The molecule has 1 fully saturated rings. The van der Waals surface area contributed by atoms with Gasteiger partial charge in [0.2, 0.25) is 0 Å². The second-order valence-corrected chi connectivity index (χ2v) is 5.82. The Balaban J connectivity index is 1.90. The van der Waals surface area contributed by atoms with Gasteiger partial charge in [-0.15, -0.1) is 0 Å². The first kappa shape index (κ1) is 15.9. The van der Waals surface area contributed by atoms with Gasteiger partial charge in [0.25, 0.3) is 5.91 Å². The summed E-state index contributed by atoms with van der Waals surface area (Å²) in [5.41, 5.74) is 1.76. The lowest BCUT2D eigenvalue weighted by atomic mass is 10.0. The van der Waals surface area contributed by atoms with Crippen molar-refractivity contribution in [1.29, 1.82) is 0 Å². The van der Waals surface area contributed by atoms with E-state index in [4.69, 9.17) is 0 Å². The fourth-order valence-electron chi connectivity index (χ4n) is 2.92. The van der Waals surface area contributed by atoms with Crippen LogP contribution >= 0.6 is 0 Å². The van der Waals surface area contributed by atoms with E-state index in [1.54, 1.807) is 36.5 Å². The number of benzene rings is 1. The van der Waals surface area contributed by atoms with E-state index in [2.05, 4.69) is 4.98 Å². The van der Waals surface area contributed by atoms with Crippen molar-refractivity contribution < 1.29 is 9.59 Å². The fraction of sp³-hybridized carbons (Fsp3) is 0.211. The first-order chi connectivity index (χ1) is 11.6. The van der Waals surface area contributed by atoms with E-state index in [9.17, 15) is 9.59 Å². The molecule has 0 spiro atoms. The normalized spacial score (nSPS) is 20.8. The lowest BCUT2D eigenvalue weighted by Gasteiger charge is -2.23. The predicted molar refractivity (Wildman–Crippen MR) is 91.9 cm³/mol. The number of imide groups is 1. The summed E-state index contributed by atoms with van der Waals surface area (Å²) < 4.78 is 0. The molecule has 1 saturated heterocycles. The molecule has 0 bridgehead atoms. The molecule has 1 aliphatic heterocycles. The topological polar surface area (TPSA) is 53.5 Å². The van der Waals surface area contributed by atoms with Gasteiger partial charge in [0, 0.05) is 25.5 Å². The largest absolute Gasteiger partial charge is 0.327 e. The Labute approximate surface area is 141 Å². The molecule has 2 heterocycles. The minimum atomic E-state index is -0.325. The van der Waals surface area contributed by atoms with Crippen molar-refractivity contribution in [3.63, 3.8) is 0 Å². The molecule has 3 amide bonds. The maximum absolute atomic E-state index is 12.7. The van der Waals surface area contributed by atoms with Crippen molar-refractivity contribution in [2.45, 2.75) is 19.0 Å². The van der Waals surface area contributed by atoms with Crippen LogP contribution in [0.1, 0.15) is 24.1 Å². The number of rotatable bonds is 3. The van der Waals surface area contributed by atoms with E-state index in [-0.39, 0.29) is 24.0 Å². The van der Waals surface area contributed by atoms with Crippen LogP contribution in [0, 0.1) is 0 Å². The van der Waals surface area contributed by atoms with Gasteiger partial charge in [-0.1, -0.05) is 36.4 Å². The van der Waals surface area contributed by atoms with Gasteiger partial charge in [-0.25, -0.2) is 4.79 Å². The average molecular weight is 321 g/mol. The third-order valence-corrected chi connectivity index (χ3v) is 4.34. The lowest BCUT2D eigenvalue weighted by molar-refractivity contribution is -0.124. The molecule has 0 unspecified atom stereocenters. The van der Waals surface area contributed by atoms with E-state index in [1.807, 2.05) is 43.3 Å². The van der Waals surface area contributed by atoms with Crippen LogP contribution in [0.15, 0.2) is 60.9 Å². The van der Waals surface area contributed by atoms with E-state index >= 15 is 0 Å². The summed E-state index contributed by atoms with van der Waals surface area (Å²) in [7, 11) is 1.72. The first-order valence-electron chi connectivity index (χ1n) is 7.82. The van der Waals surface area contributed by atoms with Crippen LogP contribution in [0.4, 0.5) is 4.79 Å². The highest BCUT2D eigenvalue weighted by atomic mass is 16.2. The van der Waals surface area contributed by atoms with E-state index in [0.717, 1.165) is 11.1 Å². The molecular formula is C19H19N3O2. The number of nitrogens with zero attached hydrogens (tertiary/aromatic N) is 3. The zero-order valence-corrected chi connectivity index (χ0v) is 13.7. The first-order valence-corrected chi connectivity index (χ1v) is 7.82. The molecule has 2 atom stereocenters. The molecule has 0 N–H and O–H groups in total. The van der Waals surface area contributed by atoms with Gasteiger partial charge >= 0.3 is 6.03 Å². The van der Waals surface area contributed by atoms with Crippen molar-refractivity contribution >= 4 is 18.0 Å². The number of aromatic nitrogens is 1. The van der Waals surface area contributed by atoms with Crippen LogP contribution in [0.2, 0.25) is 0 Å². The van der Waals surface area contributed by atoms with Gasteiger partial charge in [-0.05, 0) is 30.2 Å². The Morgan fingerprint density at radius 3 is 2.58 bits per heavy atom. The van der Waals surface area contributed by atoms with Gasteiger partial charge in [-0.2, -0.15) is 0 Å². The van der Waals surface area contributed by atoms with Crippen LogP contribution in [0.25, 0.3) is 6.08 Å². The molecule has 0 radical (unpaired) electrons. The van der Waals surface area contributed by atoms with Crippen LogP contribution in [-0.2, 0) is 4.79 Å². The monoisotopic (exact) mass is 321 g/mol. The summed E-state index contributed by atoms with van der Waals surface area (Å²) >= 11 is 0. The molecule has 1 aromatic carbocycles. The van der Waals surface area contributed by atoms with E-state index in [0.29, 0.717) is 0 Å². The molecule has 3 rings (SSSR count). The van der Waals surface area contributed by atoms with Crippen molar-refractivity contribution in [2.75, 3.05) is 7.05 Å². The molecule has 1 aliphatic rings.